The summed E-state index contributed by atoms with van der Waals surface area (Å²) in [6.07, 6.45) is 0. The van der Waals surface area contributed by atoms with E-state index in [-0.39, 0.29) is 11.2 Å². The molecule has 0 saturated carbocycles. The maximum absolute atomic E-state index is 12.4. The Hall–Kier alpha value is -2.12. The van der Waals surface area contributed by atoms with Crippen molar-refractivity contribution in [2.75, 3.05) is 0 Å². The third kappa shape index (κ3) is 3.93. The van der Waals surface area contributed by atoms with Gasteiger partial charge in [-0.15, -0.1) is 10.2 Å². The number of carbonyl (C=O) groups excluding carboxylic acids is 1. The van der Waals surface area contributed by atoms with Crippen LogP contribution in [0.15, 0.2) is 35.5 Å². The van der Waals surface area contributed by atoms with Crippen LogP contribution in [0.1, 0.15) is 24.0 Å². The molecule has 6 nitrogen and oxygen atoms in total. The van der Waals surface area contributed by atoms with Crippen LogP contribution >= 0.6 is 23.4 Å². The predicted octanol–water partition coefficient (Wildman–Crippen LogP) is 3.19. The Bertz CT molecular complexity index is 927. The van der Waals surface area contributed by atoms with Gasteiger partial charge in [-0.3, -0.25) is 9.20 Å². The average Bonchev–Trinajstić information content (AvgIpc) is 2.96. The third-order valence-electron chi connectivity index (χ3n) is 3.72. The van der Waals surface area contributed by atoms with E-state index in [1.807, 2.05) is 49.4 Å². The lowest BCUT2D eigenvalue weighted by Crippen LogP contribution is -2.30. The van der Waals surface area contributed by atoms with Crippen LogP contribution in [0, 0.1) is 13.8 Å². The molecule has 0 radical (unpaired) electrons. The van der Waals surface area contributed by atoms with Gasteiger partial charge in [0.1, 0.15) is 5.82 Å². The average molecular weight is 376 g/mol. The molecular weight excluding hydrogens is 358 g/mol. The molecule has 0 saturated heterocycles. The first-order valence-electron chi connectivity index (χ1n) is 7.83. The van der Waals surface area contributed by atoms with Gasteiger partial charge in [0.25, 0.3) is 0 Å². The molecule has 8 heteroatoms. The van der Waals surface area contributed by atoms with Gasteiger partial charge < -0.3 is 5.32 Å². The van der Waals surface area contributed by atoms with E-state index in [4.69, 9.17) is 11.6 Å². The van der Waals surface area contributed by atoms with Crippen LogP contribution in [-0.2, 0) is 11.3 Å². The van der Waals surface area contributed by atoms with E-state index in [0.717, 1.165) is 22.7 Å². The van der Waals surface area contributed by atoms with Crippen LogP contribution in [-0.4, -0.2) is 30.7 Å². The van der Waals surface area contributed by atoms with Crippen LogP contribution < -0.4 is 5.32 Å². The van der Waals surface area contributed by atoms with Crippen molar-refractivity contribution in [3.63, 3.8) is 0 Å². The zero-order chi connectivity index (χ0) is 18.0. The summed E-state index contributed by atoms with van der Waals surface area (Å²) >= 11 is 7.46. The summed E-state index contributed by atoms with van der Waals surface area (Å²) in [6.45, 7) is 6.04. The van der Waals surface area contributed by atoms with E-state index in [0.29, 0.717) is 16.7 Å². The van der Waals surface area contributed by atoms with E-state index in [1.165, 1.54) is 11.8 Å². The second-order valence-corrected chi connectivity index (χ2v) is 7.41. The molecule has 1 atom stereocenters. The van der Waals surface area contributed by atoms with Crippen molar-refractivity contribution in [2.24, 2.45) is 0 Å². The van der Waals surface area contributed by atoms with Crippen molar-refractivity contribution in [3.05, 3.63) is 52.4 Å². The number of carbonyl (C=O) groups is 1. The van der Waals surface area contributed by atoms with Crippen molar-refractivity contribution < 1.29 is 4.79 Å². The number of amides is 1. The number of aromatic nitrogens is 4. The number of hydrogen-bond acceptors (Lipinski definition) is 5. The lowest BCUT2D eigenvalue weighted by molar-refractivity contribution is -0.120. The van der Waals surface area contributed by atoms with Crippen molar-refractivity contribution in [3.8, 4) is 0 Å². The molecule has 3 aromatic rings. The van der Waals surface area contributed by atoms with Gasteiger partial charge in [0.2, 0.25) is 5.91 Å². The minimum Gasteiger partial charge on any atom is -0.351 e. The number of benzene rings is 1. The van der Waals surface area contributed by atoms with Gasteiger partial charge in [-0.1, -0.05) is 41.6 Å². The summed E-state index contributed by atoms with van der Waals surface area (Å²) in [5.74, 6) is 0.713. The molecule has 1 N–H and O–H groups in total. The summed E-state index contributed by atoms with van der Waals surface area (Å²) in [7, 11) is 0. The minimum absolute atomic E-state index is 0.0839. The van der Waals surface area contributed by atoms with Crippen LogP contribution in [0.4, 0.5) is 0 Å². The van der Waals surface area contributed by atoms with Crippen LogP contribution in [0.3, 0.4) is 0 Å². The summed E-state index contributed by atoms with van der Waals surface area (Å²) in [4.78, 5) is 16.8. The standard InChI is InChI=1S/C17H18ClN5OS/c1-10-8-15-21-22-17(23(15)12(3)20-10)25-11(2)16(24)19-9-13-6-4-5-7-14(13)18/h4-8,11H,9H2,1-3H3,(H,19,24). The molecular formula is C17H18ClN5OS. The van der Waals surface area contributed by atoms with Gasteiger partial charge in [0.05, 0.1) is 5.25 Å². The molecule has 130 valence electrons. The van der Waals surface area contributed by atoms with Crippen LogP contribution in [0.25, 0.3) is 5.65 Å². The van der Waals surface area contributed by atoms with Crippen LogP contribution in [0.5, 0.6) is 0 Å². The Morgan fingerprint density at radius 3 is 2.84 bits per heavy atom. The maximum Gasteiger partial charge on any atom is 0.233 e. The Morgan fingerprint density at radius 2 is 2.08 bits per heavy atom. The number of nitrogens with one attached hydrogen (secondary N) is 1. The van der Waals surface area contributed by atoms with Crippen molar-refractivity contribution in [1.82, 2.24) is 24.9 Å². The highest BCUT2D eigenvalue weighted by Crippen LogP contribution is 2.23. The Labute approximate surface area is 155 Å². The lowest BCUT2D eigenvalue weighted by atomic mass is 10.2. The monoisotopic (exact) mass is 375 g/mol. The topological polar surface area (TPSA) is 72.2 Å². The van der Waals surface area contributed by atoms with E-state index in [9.17, 15) is 4.79 Å². The molecule has 2 heterocycles. The SMILES string of the molecule is Cc1cc2nnc(SC(C)C(=O)NCc3ccccc3Cl)n2c(C)n1. The highest BCUT2D eigenvalue weighted by atomic mass is 35.5. The summed E-state index contributed by atoms with van der Waals surface area (Å²) in [6, 6.07) is 9.32. The highest BCUT2D eigenvalue weighted by molar-refractivity contribution is 8.00. The second-order valence-electron chi connectivity index (χ2n) is 5.69. The Kier molecular flexibility index (Phi) is 5.24. The Morgan fingerprint density at radius 1 is 1.32 bits per heavy atom. The van der Waals surface area contributed by atoms with Gasteiger partial charge in [-0.05, 0) is 32.4 Å². The third-order valence-corrected chi connectivity index (χ3v) is 5.13. The molecule has 0 aliphatic carbocycles. The van der Waals surface area contributed by atoms with E-state index < -0.39 is 0 Å². The van der Waals surface area contributed by atoms with Crippen molar-refractivity contribution in [1.29, 1.82) is 0 Å². The molecule has 0 aliphatic heterocycles. The number of hydrogen-bond donors (Lipinski definition) is 1. The van der Waals surface area contributed by atoms with E-state index in [2.05, 4.69) is 20.5 Å². The molecule has 3 rings (SSSR count). The van der Waals surface area contributed by atoms with E-state index >= 15 is 0 Å². The largest absolute Gasteiger partial charge is 0.351 e. The lowest BCUT2D eigenvalue weighted by Gasteiger charge is -2.12. The number of rotatable bonds is 5. The number of nitrogens with zero attached hydrogens (tertiary/aromatic N) is 4. The molecule has 25 heavy (non-hydrogen) atoms. The minimum atomic E-state index is -0.324. The van der Waals surface area contributed by atoms with Gasteiger partial charge in [0.15, 0.2) is 10.8 Å². The molecule has 0 bridgehead atoms. The highest BCUT2D eigenvalue weighted by Gasteiger charge is 2.19. The van der Waals surface area contributed by atoms with Crippen LogP contribution in [0.2, 0.25) is 5.02 Å². The molecule has 2 aromatic heterocycles. The van der Waals surface area contributed by atoms with E-state index in [1.54, 1.807) is 6.07 Å². The first-order valence-corrected chi connectivity index (χ1v) is 9.08. The zero-order valence-electron chi connectivity index (χ0n) is 14.2. The predicted molar refractivity (Wildman–Crippen MR) is 98.9 cm³/mol. The Balaban J connectivity index is 1.69. The second kappa shape index (κ2) is 7.41. The first kappa shape index (κ1) is 17.7. The summed E-state index contributed by atoms with van der Waals surface area (Å²) in [5, 5.41) is 12.2. The number of fused-ring (bicyclic) bond motifs is 1. The summed E-state index contributed by atoms with van der Waals surface area (Å²) < 4.78 is 1.86. The molecule has 1 amide bonds. The van der Waals surface area contributed by atoms with Crippen molar-refractivity contribution in [2.45, 2.75) is 37.7 Å². The molecule has 0 aliphatic rings. The molecule has 0 spiro atoms. The number of halogens is 1. The normalized spacial score (nSPS) is 12.3. The fourth-order valence-electron chi connectivity index (χ4n) is 2.46. The molecule has 0 fully saturated rings. The fourth-order valence-corrected chi connectivity index (χ4v) is 3.59. The molecule has 1 unspecified atom stereocenters. The maximum atomic E-state index is 12.4. The summed E-state index contributed by atoms with van der Waals surface area (Å²) in [5.41, 5.74) is 2.51. The van der Waals surface area contributed by atoms with Gasteiger partial charge in [-0.2, -0.15) is 0 Å². The zero-order valence-corrected chi connectivity index (χ0v) is 15.7. The quantitative estimate of drug-likeness (QED) is 0.693. The first-order chi connectivity index (χ1) is 12.0. The van der Waals surface area contributed by atoms with Gasteiger partial charge in [-0.25, -0.2) is 4.98 Å². The van der Waals surface area contributed by atoms with Gasteiger partial charge >= 0.3 is 0 Å². The smallest absolute Gasteiger partial charge is 0.233 e. The molecule has 1 aromatic carbocycles. The number of aryl methyl sites for hydroxylation is 2. The van der Waals surface area contributed by atoms with Gasteiger partial charge in [0, 0.05) is 23.3 Å². The number of thioether (sulfide) groups is 1. The van der Waals surface area contributed by atoms with Crippen molar-refractivity contribution >= 4 is 34.9 Å². The fraction of sp³-hybridized carbons (Fsp3) is 0.294.